The highest BCUT2D eigenvalue weighted by atomic mass is 15.2. The van der Waals surface area contributed by atoms with Crippen LogP contribution < -0.4 is 10.6 Å². The van der Waals surface area contributed by atoms with Crippen molar-refractivity contribution in [2.45, 2.75) is 32.7 Å². The van der Waals surface area contributed by atoms with Crippen molar-refractivity contribution in [2.75, 3.05) is 18.0 Å². The van der Waals surface area contributed by atoms with Crippen LogP contribution in [0.25, 0.3) is 0 Å². The third kappa shape index (κ3) is 2.35. The molecule has 1 fully saturated rings. The first kappa shape index (κ1) is 11.4. The molecule has 3 heteroatoms. The summed E-state index contributed by atoms with van der Waals surface area (Å²) < 4.78 is 0. The Hall–Kier alpha value is -1.09. The molecule has 0 bridgehead atoms. The fourth-order valence-electron chi connectivity index (χ4n) is 2.23. The number of pyridine rings is 1. The lowest BCUT2D eigenvalue weighted by Crippen LogP contribution is -2.20. The van der Waals surface area contributed by atoms with E-state index >= 15 is 0 Å². The van der Waals surface area contributed by atoms with Gasteiger partial charge >= 0.3 is 0 Å². The topological polar surface area (TPSA) is 42.1 Å². The van der Waals surface area contributed by atoms with Crippen molar-refractivity contribution in [1.29, 1.82) is 0 Å². The zero-order chi connectivity index (χ0) is 11.5. The van der Waals surface area contributed by atoms with E-state index in [0.717, 1.165) is 30.4 Å². The van der Waals surface area contributed by atoms with E-state index in [1.54, 1.807) is 0 Å². The van der Waals surface area contributed by atoms with Crippen LogP contribution in [-0.2, 0) is 0 Å². The van der Waals surface area contributed by atoms with E-state index in [9.17, 15) is 0 Å². The van der Waals surface area contributed by atoms with Gasteiger partial charge in [-0.1, -0.05) is 19.4 Å². The van der Waals surface area contributed by atoms with Crippen LogP contribution in [0.1, 0.15) is 38.3 Å². The monoisotopic (exact) mass is 219 g/mol. The minimum atomic E-state index is 0.0727. The molecule has 1 unspecified atom stereocenters. The maximum Gasteiger partial charge on any atom is 0.128 e. The predicted octanol–water partition coefficient (Wildman–Crippen LogP) is 2.34. The molecule has 1 aromatic rings. The number of anilines is 1. The van der Waals surface area contributed by atoms with Gasteiger partial charge < -0.3 is 10.6 Å². The third-order valence-corrected chi connectivity index (χ3v) is 3.48. The number of hydrogen-bond acceptors (Lipinski definition) is 3. The third-order valence-electron chi connectivity index (χ3n) is 3.48. The standard InChI is InChI=1S/C13H21N3/c1-3-11-6-7-16(9-11)13-5-4-12(8-15-13)10(2)14/h4-5,8,10-11H,3,6-7,9,14H2,1-2H3/t10-,11?/m1/s1. The second-order valence-electron chi connectivity index (χ2n) is 4.75. The quantitative estimate of drug-likeness (QED) is 0.848. The lowest BCUT2D eigenvalue weighted by atomic mass is 10.1. The number of nitrogens with two attached hydrogens (primary N) is 1. The largest absolute Gasteiger partial charge is 0.356 e. The number of aromatic nitrogens is 1. The maximum atomic E-state index is 5.81. The van der Waals surface area contributed by atoms with Gasteiger partial charge in [-0.3, -0.25) is 0 Å². The van der Waals surface area contributed by atoms with Gasteiger partial charge in [-0.05, 0) is 30.9 Å². The molecule has 2 rings (SSSR count). The van der Waals surface area contributed by atoms with Crippen molar-refractivity contribution in [3.63, 3.8) is 0 Å². The molecule has 1 aromatic heterocycles. The number of nitrogens with zero attached hydrogens (tertiary/aromatic N) is 2. The highest BCUT2D eigenvalue weighted by Crippen LogP contribution is 2.24. The molecule has 1 aliphatic heterocycles. The molecule has 2 atom stereocenters. The number of rotatable bonds is 3. The van der Waals surface area contributed by atoms with Gasteiger partial charge in [0.2, 0.25) is 0 Å². The van der Waals surface area contributed by atoms with E-state index in [0.29, 0.717) is 0 Å². The van der Waals surface area contributed by atoms with E-state index in [1.807, 2.05) is 13.1 Å². The lowest BCUT2D eigenvalue weighted by molar-refractivity contribution is 0.568. The summed E-state index contributed by atoms with van der Waals surface area (Å²) in [6, 6.07) is 4.26. The Morgan fingerprint density at radius 2 is 2.38 bits per heavy atom. The van der Waals surface area contributed by atoms with Gasteiger partial charge in [-0.25, -0.2) is 4.98 Å². The molecule has 0 radical (unpaired) electrons. The molecule has 3 nitrogen and oxygen atoms in total. The van der Waals surface area contributed by atoms with Gasteiger partial charge in [0, 0.05) is 25.3 Å². The van der Waals surface area contributed by atoms with Crippen LogP contribution in [0.2, 0.25) is 0 Å². The van der Waals surface area contributed by atoms with Crippen molar-refractivity contribution < 1.29 is 0 Å². The minimum absolute atomic E-state index is 0.0727. The number of hydrogen-bond donors (Lipinski definition) is 1. The second-order valence-corrected chi connectivity index (χ2v) is 4.75. The van der Waals surface area contributed by atoms with E-state index in [4.69, 9.17) is 5.73 Å². The molecule has 2 heterocycles. The zero-order valence-electron chi connectivity index (χ0n) is 10.2. The van der Waals surface area contributed by atoms with Crippen molar-refractivity contribution in [3.05, 3.63) is 23.9 Å². The predicted molar refractivity (Wildman–Crippen MR) is 67.5 cm³/mol. The highest BCUT2D eigenvalue weighted by Gasteiger charge is 2.21. The first-order chi connectivity index (χ1) is 7.70. The molecular weight excluding hydrogens is 198 g/mol. The van der Waals surface area contributed by atoms with E-state index in [-0.39, 0.29) is 6.04 Å². The van der Waals surface area contributed by atoms with Crippen molar-refractivity contribution in [1.82, 2.24) is 4.98 Å². The molecule has 0 aliphatic carbocycles. The molecule has 1 aliphatic rings. The highest BCUT2D eigenvalue weighted by molar-refractivity contribution is 5.40. The van der Waals surface area contributed by atoms with Gasteiger partial charge in [-0.2, -0.15) is 0 Å². The van der Waals surface area contributed by atoms with Gasteiger partial charge in [0.05, 0.1) is 0 Å². The average Bonchev–Trinajstić information content (AvgIpc) is 2.77. The van der Waals surface area contributed by atoms with Crippen molar-refractivity contribution >= 4 is 5.82 Å². The van der Waals surface area contributed by atoms with Crippen LogP contribution in [0.5, 0.6) is 0 Å². The van der Waals surface area contributed by atoms with Gasteiger partial charge in [0.1, 0.15) is 5.82 Å². The van der Waals surface area contributed by atoms with Gasteiger partial charge in [0.25, 0.3) is 0 Å². The Morgan fingerprint density at radius 3 is 2.88 bits per heavy atom. The van der Waals surface area contributed by atoms with Crippen LogP contribution in [0.4, 0.5) is 5.82 Å². The normalized spacial score (nSPS) is 22.4. The molecule has 0 aromatic carbocycles. The van der Waals surface area contributed by atoms with Gasteiger partial charge in [-0.15, -0.1) is 0 Å². The summed E-state index contributed by atoms with van der Waals surface area (Å²) in [6.45, 7) is 6.55. The van der Waals surface area contributed by atoms with Crippen LogP contribution >= 0.6 is 0 Å². The SMILES string of the molecule is CCC1CCN(c2ccc([C@@H](C)N)cn2)C1. The van der Waals surface area contributed by atoms with E-state index < -0.39 is 0 Å². The van der Waals surface area contributed by atoms with Crippen molar-refractivity contribution in [2.24, 2.45) is 11.7 Å². The maximum absolute atomic E-state index is 5.81. The molecule has 16 heavy (non-hydrogen) atoms. The first-order valence-corrected chi connectivity index (χ1v) is 6.17. The molecule has 2 N–H and O–H groups in total. The Kier molecular flexibility index (Phi) is 3.44. The van der Waals surface area contributed by atoms with Gasteiger partial charge in [0.15, 0.2) is 0 Å². The van der Waals surface area contributed by atoms with Crippen LogP contribution in [0.3, 0.4) is 0 Å². The molecule has 1 saturated heterocycles. The zero-order valence-corrected chi connectivity index (χ0v) is 10.2. The summed E-state index contributed by atoms with van der Waals surface area (Å²) in [7, 11) is 0. The molecular formula is C13H21N3. The fourth-order valence-corrected chi connectivity index (χ4v) is 2.23. The van der Waals surface area contributed by atoms with Crippen LogP contribution in [0.15, 0.2) is 18.3 Å². The molecule has 0 spiro atoms. The average molecular weight is 219 g/mol. The van der Waals surface area contributed by atoms with Crippen molar-refractivity contribution in [3.8, 4) is 0 Å². The lowest BCUT2D eigenvalue weighted by Gasteiger charge is -2.17. The Morgan fingerprint density at radius 1 is 1.56 bits per heavy atom. The summed E-state index contributed by atoms with van der Waals surface area (Å²) in [6.07, 6.45) is 4.47. The van der Waals surface area contributed by atoms with Crippen LogP contribution in [0, 0.1) is 5.92 Å². The smallest absolute Gasteiger partial charge is 0.128 e. The summed E-state index contributed by atoms with van der Waals surface area (Å²) in [4.78, 5) is 6.87. The Bertz CT molecular complexity index is 332. The van der Waals surface area contributed by atoms with E-state index in [1.165, 1.54) is 12.8 Å². The fraction of sp³-hybridized carbons (Fsp3) is 0.615. The summed E-state index contributed by atoms with van der Waals surface area (Å²) >= 11 is 0. The van der Waals surface area contributed by atoms with E-state index in [2.05, 4.69) is 28.9 Å². The summed E-state index contributed by atoms with van der Waals surface area (Å²) in [5, 5.41) is 0. The minimum Gasteiger partial charge on any atom is -0.356 e. The molecule has 88 valence electrons. The Labute approximate surface area is 97.7 Å². The van der Waals surface area contributed by atoms with Crippen LogP contribution in [-0.4, -0.2) is 18.1 Å². The first-order valence-electron chi connectivity index (χ1n) is 6.17. The molecule has 0 amide bonds. The summed E-state index contributed by atoms with van der Waals surface area (Å²) in [5.41, 5.74) is 6.91. The molecule has 0 saturated carbocycles. The summed E-state index contributed by atoms with van der Waals surface area (Å²) in [5.74, 6) is 1.94. The second kappa shape index (κ2) is 4.83. The Balaban J connectivity index is 2.05.